The summed E-state index contributed by atoms with van der Waals surface area (Å²) >= 11 is 0.807. The molecule has 0 fully saturated rings. The van der Waals surface area contributed by atoms with Gasteiger partial charge in [0.15, 0.2) is 12.2 Å². The van der Waals surface area contributed by atoms with Gasteiger partial charge in [-0.2, -0.15) is 4.37 Å². The summed E-state index contributed by atoms with van der Waals surface area (Å²) in [5.74, 6) is -0.480. The highest BCUT2D eigenvalue weighted by molar-refractivity contribution is 7.07. The lowest BCUT2D eigenvalue weighted by atomic mass is 10.5. The lowest BCUT2D eigenvalue weighted by molar-refractivity contribution is 0.0696. The van der Waals surface area contributed by atoms with Crippen LogP contribution in [0.5, 0.6) is 0 Å². The van der Waals surface area contributed by atoms with Crippen LogP contribution in [0.15, 0.2) is 17.0 Å². The van der Waals surface area contributed by atoms with Crippen molar-refractivity contribution in [3.05, 3.63) is 17.6 Å². The van der Waals surface area contributed by atoms with Crippen molar-refractivity contribution in [3.63, 3.8) is 0 Å². The average molecular weight is 197 g/mol. The van der Waals surface area contributed by atoms with Crippen molar-refractivity contribution in [1.82, 2.24) is 14.3 Å². The Morgan fingerprint density at radius 3 is 3.00 bits per heavy atom. The first-order valence-electron chi connectivity index (χ1n) is 3.23. The molecule has 0 saturated heterocycles. The fourth-order valence-electron chi connectivity index (χ4n) is 0.737. The van der Waals surface area contributed by atoms with Gasteiger partial charge >= 0.3 is 5.97 Å². The second-order valence-corrected chi connectivity index (χ2v) is 2.85. The Bertz CT molecular complexity index is 422. The Balaban J connectivity index is 2.39. The van der Waals surface area contributed by atoms with Gasteiger partial charge in [-0.1, -0.05) is 0 Å². The standard InChI is InChI=1S/C6H3N3O3S/c10-6(11)5-8-4(9-13-5)3-1-7-2-12-3/h1-2H,(H,10,11). The molecule has 0 atom stereocenters. The van der Waals surface area contributed by atoms with Crippen molar-refractivity contribution < 1.29 is 14.3 Å². The minimum absolute atomic E-state index is 0.0635. The molecule has 66 valence electrons. The largest absolute Gasteiger partial charge is 0.476 e. The summed E-state index contributed by atoms with van der Waals surface area (Å²) < 4.78 is 8.69. The summed E-state index contributed by atoms with van der Waals surface area (Å²) in [5.41, 5.74) is 0. The van der Waals surface area contributed by atoms with E-state index in [1.165, 1.54) is 12.6 Å². The molecule has 0 amide bonds. The maximum atomic E-state index is 10.4. The summed E-state index contributed by atoms with van der Waals surface area (Å²) in [4.78, 5) is 17.8. The maximum Gasteiger partial charge on any atom is 0.366 e. The summed E-state index contributed by atoms with van der Waals surface area (Å²) in [6.45, 7) is 0. The van der Waals surface area contributed by atoms with E-state index in [1.807, 2.05) is 0 Å². The molecule has 0 aliphatic carbocycles. The molecule has 2 heterocycles. The van der Waals surface area contributed by atoms with Gasteiger partial charge < -0.3 is 9.52 Å². The Kier molecular flexibility index (Phi) is 1.78. The zero-order chi connectivity index (χ0) is 9.26. The van der Waals surface area contributed by atoms with Gasteiger partial charge in [0.25, 0.3) is 0 Å². The number of aromatic carboxylic acids is 1. The van der Waals surface area contributed by atoms with Crippen LogP contribution in [0.25, 0.3) is 11.6 Å². The predicted octanol–water partition coefficient (Wildman–Crippen LogP) is 0.891. The first-order valence-corrected chi connectivity index (χ1v) is 4.00. The second-order valence-electron chi connectivity index (χ2n) is 2.09. The molecule has 2 aromatic rings. The van der Waals surface area contributed by atoms with Gasteiger partial charge in [-0.15, -0.1) is 0 Å². The fourth-order valence-corrected chi connectivity index (χ4v) is 1.25. The monoisotopic (exact) mass is 197 g/mol. The molecule has 13 heavy (non-hydrogen) atoms. The van der Waals surface area contributed by atoms with E-state index in [0.29, 0.717) is 5.76 Å². The van der Waals surface area contributed by atoms with Crippen LogP contribution in [0.4, 0.5) is 0 Å². The highest BCUT2D eigenvalue weighted by atomic mass is 32.1. The number of hydrogen-bond acceptors (Lipinski definition) is 6. The Hall–Kier alpha value is -1.76. The van der Waals surface area contributed by atoms with E-state index in [0.717, 1.165) is 11.5 Å². The molecule has 2 aromatic heterocycles. The van der Waals surface area contributed by atoms with Crippen molar-refractivity contribution in [3.8, 4) is 11.6 Å². The average Bonchev–Trinajstić information content (AvgIpc) is 2.75. The maximum absolute atomic E-state index is 10.4. The first-order chi connectivity index (χ1) is 6.27. The van der Waals surface area contributed by atoms with Crippen LogP contribution in [0.1, 0.15) is 9.80 Å². The summed E-state index contributed by atoms with van der Waals surface area (Å²) in [7, 11) is 0. The molecule has 0 bridgehead atoms. The summed E-state index contributed by atoms with van der Waals surface area (Å²) in [6.07, 6.45) is 2.66. The SMILES string of the molecule is O=C(O)c1nc(-c2cnco2)ns1. The lowest BCUT2D eigenvalue weighted by Gasteiger charge is -1.82. The fraction of sp³-hybridized carbons (Fsp3) is 0. The number of carboxylic acid groups (broad SMARTS) is 1. The third kappa shape index (κ3) is 1.41. The zero-order valence-corrected chi connectivity index (χ0v) is 6.98. The first kappa shape index (κ1) is 7.87. The number of carbonyl (C=O) groups is 1. The molecule has 0 aromatic carbocycles. The minimum atomic E-state index is -1.09. The number of oxazole rings is 1. The van der Waals surface area contributed by atoms with Gasteiger partial charge in [-0.05, 0) is 11.5 Å². The summed E-state index contributed by atoms with van der Waals surface area (Å²) in [5, 5.41) is 8.49. The molecule has 0 saturated carbocycles. The van der Waals surface area contributed by atoms with Crippen LogP contribution < -0.4 is 0 Å². The molecule has 7 heteroatoms. The molecular formula is C6H3N3O3S. The summed E-state index contributed by atoms with van der Waals surface area (Å²) in [6, 6.07) is 0. The molecule has 0 aliphatic heterocycles. The third-order valence-corrected chi connectivity index (χ3v) is 1.96. The van der Waals surface area contributed by atoms with E-state index in [-0.39, 0.29) is 10.8 Å². The number of carboxylic acids is 1. The van der Waals surface area contributed by atoms with Crippen molar-refractivity contribution in [1.29, 1.82) is 0 Å². The number of aromatic nitrogens is 3. The van der Waals surface area contributed by atoms with Crippen molar-refractivity contribution in [2.45, 2.75) is 0 Å². The highest BCUT2D eigenvalue weighted by Gasteiger charge is 2.13. The molecular weight excluding hydrogens is 194 g/mol. The zero-order valence-electron chi connectivity index (χ0n) is 6.17. The lowest BCUT2D eigenvalue weighted by Crippen LogP contribution is -1.93. The Labute approximate surface area is 76.0 Å². The quantitative estimate of drug-likeness (QED) is 0.768. The molecule has 0 spiro atoms. The van der Waals surface area contributed by atoms with Crippen molar-refractivity contribution >= 4 is 17.5 Å². The molecule has 0 aliphatic rings. The van der Waals surface area contributed by atoms with Gasteiger partial charge in [0.2, 0.25) is 10.8 Å². The van der Waals surface area contributed by atoms with E-state index in [4.69, 9.17) is 9.52 Å². The minimum Gasteiger partial charge on any atom is -0.476 e. The van der Waals surface area contributed by atoms with Crippen molar-refractivity contribution in [2.75, 3.05) is 0 Å². The molecule has 0 unspecified atom stereocenters. The smallest absolute Gasteiger partial charge is 0.366 e. The van der Waals surface area contributed by atoms with Gasteiger partial charge in [-0.3, -0.25) is 0 Å². The number of hydrogen-bond donors (Lipinski definition) is 1. The van der Waals surface area contributed by atoms with Gasteiger partial charge in [0, 0.05) is 0 Å². The second kappa shape index (κ2) is 2.94. The Morgan fingerprint density at radius 1 is 1.62 bits per heavy atom. The van der Waals surface area contributed by atoms with Crippen LogP contribution in [0, 0.1) is 0 Å². The third-order valence-electron chi connectivity index (χ3n) is 1.26. The predicted molar refractivity (Wildman–Crippen MR) is 42.4 cm³/mol. The number of rotatable bonds is 2. The molecule has 1 N–H and O–H groups in total. The molecule has 0 radical (unpaired) electrons. The van der Waals surface area contributed by atoms with E-state index < -0.39 is 5.97 Å². The Morgan fingerprint density at radius 2 is 2.46 bits per heavy atom. The van der Waals surface area contributed by atoms with E-state index in [2.05, 4.69) is 14.3 Å². The van der Waals surface area contributed by atoms with Crippen LogP contribution in [0.2, 0.25) is 0 Å². The highest BCUT2D eigenvalue weighted by Crippen LogP contribution is 2.16. The topological polar surface area (TPSA) is 89.1 Å². The van der Waals surface area contributed by atoms with E-state index in [9.17, 15) is 4.79 Å². The van der Waals surface area contributed by atoms with Crippen molar-refractivity contribution in [2.24, 2.45) is 0 Å². The normalized spacial score (nSPS) is 10.2. The van der Waals surface area contributed by atoms with E-state index in [1.54, 1.807) is 0 Å². The van der Waals surface area contributed by atoms with Crippen LogP contribution in [0.3, 0.4) is 0 Å². The van der Waals surface area contributed by atoms with Crippen LogP contribution in [-0.2, 0) is 0 Å². The van der Waals surface area contributed by atoms with Gasteiger partial charge in [0.1, 0.15) is 0 Å². The molecule has 2 rings (SSSR count). The molecule has 6 nitrogen and oxygen atoms in total. The number of nitrogens with zero attached hydrogens (tertiary/aromatic N) is 3. The van der Waals surface area contributed by atoms with Crippen LogP contribution >= 0.6 is 11.5 Å². The van der Waals surface area contributed by atoms with E-state index >= 15 is 0 Å². The van der Waals surface area contributed by atoms with Crippen LogP contribution in [-0.4, -0.2) is 25.4 Å². The van der Waals surface area contributed by atoms with Gasteiger partial charge in [-0.25, -0.2) is 14.8 Å². The van der Waals surface area contributed by atoms with Gasteiger partial charge in [0.05, 0.1) is 6.20 Å².